The molecule has 0 radical (unpaired) electrons. The molecule has 0 unspecified atom stereocenters. The topological polar surface area (TPSA) is 116 Å². The van der Waals surface area contributed by atoms with Crippen molar-refractivity contribution < 1.29 is 9.32 Å². The Hall–Kier alpha value is -4.34. The highest BCUT2D eigenvalue weighted by atomic mass is 16.5. The Kier molecular flexibility index (Phi) is 5.62. The average molecular weight is 458 g/mol. The van der Waals surface area contributed by atoms with Gasteiger partial charge in [-0.05, 0) is 31.0 Å². The first-order chi connectivity index (χ1) is 16.6. The van der Waals surface area contributed by atoms with Gasteiger partial charge in [0.15, 0.2) is 5.69 Å². The van der Waals surface area contributed by atoms with Crippen LogP contribution in [0.5, 0.6) is 0 Å². The molecule has 4 aromatic rings. The molecule has 10 nitrogen and oxygen atoms in total. The number of amides is 1. The van der Waals surface area contributed by atoms with Gasteiger partial charge >= 0.3 is 17.5 Å². The summed E-state index contributed by atoms with van der Waals surface area (Å²) in [7, 11) is 0. The highest BCUT2D eigenvalue weighted by Crippen LogP contribution is 2.28. The molecule has 0 bridgehead atoms. The predicted octanol–water partition coefficient (Wildman–Crippen LogP) is 2.09. The van der Waals surface area contributed by atoms with Crippen molar-refractivity contribution in [1.29, 1.82) is 0 Å². The number of carbonyl (C=O) groups is 1. The fourth-order valence-electron chi connectivity index (χ4n) is 4.15. The molecule has 1 aliphatic heterocycles. The molecule has 2 aromatic carbocycles. The molecule has 0 spiro atoms. The van der Waals surface area contributed by atoms with Crippen LogP contribution in [0.4, 0.5) is 0 Å². The van der Waals surface area contributed by atoms with Gasteiger partial charge in [-0.25, -0.2) is 4.79 Å². The molecular formula is C24H22N6O4. The number of carbonyl (C=O) groups excluding carboxylic acids is 1. The van der Waals surface area contributed by atoms with Crippen molar-refractivity contribution in [3.63, 3.8) is 0 Å². The van der Waals surface area contributed by atoms with Crippen molar-refractivity contribution in [3.8, 4) is 17.2 Å². The average Bonchev–Trinajstić information content (AvgIpc) is 3.56. The first-order valence-electron chi connectivity index (χ1n) is 11.0. The number of aromatic nitrogens is 5. The van der Waals surface area contributed by atoms with Gasteiger partial charge in [0.25, 0.3) is 5.56 Å². The van der Waals surface area contributed by atoms with Gasteiger partial charge in [-0.3, -0.25) is 14.2 Å². The number of para-hydroxylation sites is 1. The molecule has 1 saturated heterocycles. The number of nitrogens with zero attached hydrogens (tertiary/aromatic N) is 6. The normalized spacial score (nSPS) is 15.6. The summed E-state index contributed by atoms with van der Waals surface area (Å²) in [6, 6.07) is 18.7. The van der Waals surface area contributed by atoms with Crippen LogP contribution in [0.15, 0.2) is 74.8 Å². The molecule has 34 heavy (non-hydrogen) atoms. The minimum absolute atomic E-state index is 0.137. The van der Waals surface area contributed by atoms with E-state index in [-0.39, 0.29) is 29.9 Å². The monoisotopic (exact) mass is 458 g/mol. The Morgan fingerprint density at radius 1 is 1.06 bits per heavy atom. The highest BCUT2D eigenvalue weighted by molar-refractivity contribution is 5.90. The summed E-state index contributed by atoms with van der Waals surface area (Å²) in [5, 5.41) is 8.04. The SMILES string of the molecule is CCn1c(=O)c(-c2noc(C(=O)N3CC[C@H](c4ccccc4)C3)n2)nn(-c2ccccc2)c1=O. The van der Waals surface area contributed by atoms with Gasteiger partial charge in [0, 0.05) is 25.6 Å². The fourth-order valence-corrected chi connectivity index (χ4v) is 4.15. The summed E-state index contributed by atoms with van der Waals surface area (Å²) in [6.07, 6.45) is 0.835. The number of hydrogen-bond donors (Lipinski definition) is 0. The molecule has 1 atom stereocenters. The van der Waals surface area contributed by atoms with Crippen molar-refractivity contribution in [2.75, 3.05) is 13.1 Å². The molecule has 1 amide bonds. The van der Waals surface area contributed by atoms with Gasteiger partial charge in [-0.1, -0.05) is 53.7 Å². The molecule has 5 rings (SSSR count). The van der Waals surface area contributed by atoms with Crippen molar-refractivity contribution in [2.24, 2.45) is 0 Å². The van der Waals surface area contributed by atoms with E-state index in [2.05, 4.69) is 27.4 Å². The van der Waals surface area contributed by atoms with Crippen molar-refractivity contribution >= 4 is 5.91 Å². The zero-order chi connectivity index (χ0) is 23.7. The van der Waals surface area contributed by atoms with Crippen LogP contribution < -0.4 is 11.2 Å². The number of hydrogen-bond acceptors (Lipinski definition) is 7. The van der Waals surface area contributed by atoms with E-state index in [1.807, 2.05) is 24.3 Å². The van der Waals surface area contributed by atoms with Crippen LogP contribution in [0.1, 0.15) is 35.5 Å². The van der Waals surface area contributed by atoms with Crippen LogP contribution >= 0.6 is 0 Å². The highest BCUT2D eigenvalue weighted by Gasteiger charge is 2.31. The Morgan fingerprint density at radius 2 is 1.76 bits per heavy atom. The first-order valence-corrected chi connectivity index (χ1v) is 11.0. The van der Waals surface area contributed by atoms with Crippen molar-refractivity contribution in [2.45, 2.75) is 25.8 Å². The number of benzene rings is 2. The molecule has 10 heteroatoms. The quantitative estimate of drug-likeness (QED) is 0.450. The van der Waals surface area contributed by atoms with E-state index in [4.69, 9.17) is 4.52 Å². The lowest BCUT2D eigenvalue weighted by Gasteiger charge is -2.14. The molecule has 0 N–H and O–H groups in total. The van der Waals surface area contributed by atoms with Gasteiger partial charge in [0.2, 0.25) is 5.82 Å². The van der Waals surface area contributed by atoms with Crippen LogP contribution in [0.25, 0.3) is 17.2 Å². The molecule has 3 heterocycles. The number of rotatable bonds is 5. The van der Waals surface area contributed by atoms with Gasteiger partial charge in [-0.15, -0.1) is 0 Å². The maximum Gasteiger partial charge on any atom is 0.352 e. The minimum atomic E-state index is -0.648. The van der Waals surface area contributed by atoms with Crippen LogP contribution in [0.2, 0.25) is 0 Å². The van der Waals surface area contributed by atoms with Crippen molar-refractivity contribution in [1.82, 2.24) is 29.4 Å². The van der Waals surface area contributed by atoms with E-state index in [0.29, 0.717) is 18.8 Å². The Bertz CT molecular complexity index is 1440. The lowest BCUT2D eigenvalue weighted by atomic mass is 9.99. The lowest BCUT2D eigenvalue weighted by Crippen LogP contribution is -2.41. The van der Waals surface area contributed by atoms with Crippen LogP contribution in [-0.4, -0.2) is 48.4 Å². The van der Waals surface area contributed by atoms with Gasteiger partial charge in [0.1, 0.15) is 0 Å². The smallest absolute Gasteiger partial charge is 0.334 e. The third kappa shape index (κ3) is 3.83. The van der Waals surface area contributed by atoms with Crippen LogP contribution in [0.3, 0.4) is 0 Å². The second-order valence-electron chi connectivity index (χ2n) is 8.00. The van der Waals surface area contributed by atoms with E-state index < -0.39 is 17.2 Å². The standard InChI is InChI=1S/C24H22N6O4/c1-2-29-22(31)19(26-30(24(29)33)18-11-7-4-8-12-18)20-25-21(34-27-20)23(32)28-14-13-17(15-28)16-9-5-3-6-10-16/h3-12,17H,2,13-15H2,1H3/t17-/m0/s1. The maximum atomic E-state index is 13.0. The molecule has 2 aromatic heterocycles. The van der Waals surface area contributed by atoms with Gasteiger partial charge in [0.05, 0.1) is 5.69 Å². The largest absolute Gasteiger partial charge is 0.352 e. The van der Waals surface area contributed by atoms with Gasteiger partial charge in [-0.2, -0.15) is 14.8 Å². The van der Waals surface area contributed by atoms with E-state index in [0.717, 1.165) is 15.7 Å². The first kappa shape index (κ1) is 21.5. The minimum Gasteiger partial charge on any atom is -0.334 e. The summed E-state index contributed by atoms with van der Waals surface area (Å²) in [5.74, 6) is -0.519. The molecule has 1 aliphatic rings. The van der Waals surface area contributed by atoms with Crippen LogP contribution in [0, 0.1) is 0 Å². The van der Waals surface area contributed by atoms with Crippen LogP contribution in [-0.2, 0) is 6.54 Å². The third-order valence-corrected chi connectivity index (χ3v) is 5.94. The second-order valence-corrected chi connectivity index (χ2v) is 8.00. The van der Waals surface area contributed by atoms with Crippen molar-refractivity contribution in [3.05, 3.63) is 93.0 Å². The Labute approximate surface area is 194 Å². The summed E-state index contributed by atoms with van der Waals surface area (Å²) >= 11 is 0. The summed E-state index contributed by atoms with van der Waals surface area (Å²) in [6.45, 7) is 2.93. The lowest BCUT2D eigenvalue weighted by molar-refractivity contribution is 0.0741. The third-order valence-electron chi connectivity index (χ3n) is 5.94. The molecule has 0 saturated carbocycles. The van der Waals surface area contributed by atoms with Gasteiger partial charge < -0.3 is 9.42 Å². The zero-order valence-electron chi connectivity index (χ0n) is 18.5. The Morgan fingerprint density at radius 3 is 2.47 bits per heavy atom. The summed E-state index contributed by atoms with van der Waals surface area (Å²) in [4.78, 5) is 44.5. The Balaban J connectivity index is 1.45. The molecular weight excluding hydrogens is 436 g/mol. The van der Waals surface area contributed by atoms with E-state index in [9.17, 15) is 14.4 Å². The zero-order valence-corrected chi connectivity index (χ0v) is 18.5. The summed E-state index contributed by atoms with van der Waals surface area (Å²) < 4.78 is 7.36. The van der Waals surface area contributed by atoms with E-state index in [1.165, 1.54) is 5.56 Å². The molecule has 0 aliphatic carbocycles. The maximum absolute atomic E-state index is 13.0. The summed E-state index contributed by atoms with van der Waals surface area (Å²) in [5.41, 5.74) is 0.268. The number of likely N-dealkylation sites (tertiary alicyclic amines) is 1. The van der Waals surface area contributed by atoms with E-state index >= 15 is 0 Å². The fraction of sp³-hybridized carbons (Fsp3) is 0.250. The second kappa shape index (κ2) is 8.89. The van der Waals surface area contributed by atoms with E-state index in [1.54, 1.807) is 36.1 Å². The molecule has 172 valence electrons. The molecule has 1 fully saturated rings. The predicted molar refractivity (Wildman–Crippen MR) is 123 cm³/mol.